The van der Waals surface area contributed by atoms with Gasteiger partial charge in [0.05, 0.1) is 30.6 Å². The van der Waals surface area contributed by atoms with Crippen molar-refractivity contribution in [3.05, 3.63) is 64.9 Å². The summed E-state index contributed by atoms with van der Waals surface area (Å²) in [5.74, 6) is 0.283. The molecule has 1 aromatic carbocycles. The molecule has 1 amide bonds. The second-order valence-electron chi connectivity index (χ2n) is 5.49. The van der Waals surface area contributed by atoms with E-state index in [0.717, 1.165) is 11.1 Å². The van der Waals surface area contributed by atoms with E-state index in [1.807, 2.05) is 25.1 Å². The molecular weight excluding hydrogens is 340 g/mol. The molecule has 1 unspecified atom stereocenters. The average molecular weight is 357 g/mol. The van der Waals surface area contributed by atoms with Crippen molar-refractivity contribution < 1.29 is 9.53 Å². The summed E-state index contributed by atoms with van der Waals surface area (Å²) in [4.78, 5) is 16.7. The number of methoxy groups -OCH3 is 1. The summed E-state index contributed by atoms with van der Waals surface area (Å²) in [7, 11) is 1.55. The molecule has 2 heterocycles. The molecule has 0 saturated heterocycles. The normalized spacial score (nSPS) is 11.8. The Bertz CT molecular complexity index is 877. The van der Waals surface area contributed by atoms with Crippen LogP contribution < -0.4 is 10.1 Å². The topological polar surface area (TPSA) is 79.9 Å². The number of carbonyl (C=O) groups is 1. The highest BCUT2D eigenvalue weighted by molar-refractivity contribution is 6.30. The highest BCUT2D eigenvalue weighted by Crippen LogP contribution is 2.24. The van der Waals surface area contributed by atoms with Crippen LogP contribution in [0.5, 0.6) is 5.88 Å². The second-order valence-corrected chi connectivity index (χ2v) is 5.93. The van der Waals surface area contributed by atoms with Crippen LogP contribution in [0.25, 0.3) is 11.3 Å². The molecule has 0 saturated carbocycles. The number of ether oxygens (including phenoxy) is 1. The van der Waals surface area contributed by atoms with Crippen LogP contribution in [0.1, 0.15) is 28.9 Å². The van der Waals surface area contributed by atoms with Gasteiger partial charge in [-0.05, 0) is 30.7 Å². The molecule has 2 aromatic heterocycles. The van der Waals surface area contributed by atoms with Crippen molar-refractivity contribution in [1.29, 1.82) is 0 Å². The molecule has 0 aliphatic heterocycles. The van der Waals surface area contributed by atoms with Gasteiger partial charge < -0.3 is 10.1 Å². The maximum absolute atomic E-state index is 12.7. The maximum Gasteiger partial charge on any atom is 0.255 e. The van der Waals surface area contributed by atoms with E-state index in [-0.39, 0.29) is 11.9 Å². The number of nitrogens with one attached hydrogen (secondary N) is 2. The lowest BCUT2D eigenvalue weighted by molar-refractivity contribution is 0.0940. The number of pyridine rings is 1. The fourth-order valence-electron chi connectivity index (χ4n) is 2.46. The highest BCUT2D eigenvalue weighted by atomic mass is 35.5. The van der Waals surface area contributed by atoms with Gasteiger partial charge in [-0.2, -0.15) is 5.10 Å². The number of aromatic amines is 1. The Kier molecular flexibility index (Phi) is 5.00. The van der Waals surface area contributed by atoms with Gasteiger partial charge in [0, 0.05) is 22.8 Å². The first-order valence-corrected chi connectivity index (χ1v) is 8.06. The number of aromatic nitrogens is 3. The molecular formula is C18H17ClN4O2. The van der Waals surface area contributed by atoms with E-state index in [4.69, 9.17) is 16.3 Å². The van der Waals surface area contributed by atoms with E-state index in [0.29, 0.717) is 22.2 Å². The highest BCUT2D eigenvalue weighted by Gasteiger charge is 2.18. The molecule has 0 spiro atoms. The van der Waals surface area contributed by atoms with Crippen molar-refractivity contribution in [3.63, 3.8) is 0 Å². The molecule has 1 atom stereocenters. The monoisotopic (exact) mass is 356 g/mol. The number of benzene rings is 1. The van der Waals surface area contributed by atoms with E-state index in [2.05, 4.69) is 20.5 Å². The summed E-state index contributed by atoms with van der Waals surface area (Å²) in [6.07, 6.45) is 3.16. The smallest absolute Gasteiger partial charge is 0.255 e. The van der Waals surface area contributed by atoms with Crippen molar-refractivity contribution in [2.24, 2.45) is 0 Å². The van der Waals surface area contributed by atoms with E-state index in [9.17, 15) is 4.79 Å². The summed E-state index contributed by atoms with van der Waals surface area (Å²) in [5.41, 5.74) is 2.85. The zero-order valence-electron chi connectivity index (χ0n) is 13.8. The molecule has 0 bridgehead atoms. The van der Waals surface area contributed by atoms with Crippen LogP contribution in [-0.4, -0.2) is 28.2 Å². The van der Waals surface area contributed by atoms with Crippen LogP contribution in [-0.2, 0) is 0 Å². The third kappa shape index (κ3) is 3.80. The fraction of sp³-hybridized carbons (Fsp3) is 0.167. The van der Waals surface area contributed by atoms with Gasteiger partial charge in [0.15, 0.2) is 0 Å². The average Bonchev–Trinajstić information content (AvgIpc) is 3.12. The maximum atomic E-state index is 12.7. The number of amides is 1. The SMILES string of the molecule is COc1cc(C(C)NC(=O)c2cn[nH]c2-c2ccc(Cl)cc2)ccn1. The molecule has 0 aliphatic rings. The van der Waals surface area contributed by atoms with Crippen molar-refractivity contribution in [1.82, 2.24) is 20.5 Å². The fourth-order valence-corrected chi connectivity index (χ4v) is 2.58. The Balaban J connectivity index is 1.80. The molecule has 128 valence electrons. The van der Waals surface area contributed by atoms with Gasteiger partial charge in [0.2, 0.25) is 5.88 Å². The van der Waals surface area contributed by atoms with E-state index in [1.165, 1.54) is 6.20 Å². The Hall–Kier alpha value is -2.86. The van der Waals surface area contributed by atoms with Crippen molar-refractivity contribution in [2.45, 2.75) is 13.0 Å². The van der Waals surface area contributed by atoms with Gasteiger partial charge in [0.25, 0.3) is 5.91 Å². The van der Waals surface area contributed by atoms with E-state index >= 15 is 0 Å². The zero-order valence-corrected chi connectivity index (χ0v) is 14.5. The van der Waals surface area contributed by atoms with Crippen molar-refractivity contribution >= 4 is 17.5 Å². The molecule has 25 heavy (non-hydrogen) atoms. The van der Waals surface area contributed by atoms with Crippen LogP contribution >= 0.6 is 11.6 Å². The quantitative estimate of drug-likeness (QED) is 0.731. The van der Waals surface area contributed by atoms with Gasteiger partial charge in [-0.1, -0.05) is 23.7 Å². The third-order valence-electron chi connectivity index (χ3n) is 3.83. The molecule has 0 fully saturated rings. The number of halogens is 1. The summed E-state index contributed by atoms with van der Waals surface area (Å²) < 4.78 is 5.12. The number of H-pyrrole nitrogens is 1. The Morgan fingerprint density at radius 1 is 1.28 bits per heavy atom. The molecule has 0 radical (unpaired) electrons. The molecule has 3 aromatic rings. The van der Waals surface area contributed by atoms with Gasteiger partial charge in [-0.3, -0.25) is 9.89 Å². The minimum Gasteiger partial charge on any atom is -0.481 e. The van der Waals surface area contributed by atoms with Gasteiger partial charge in [-0.25, -0.2) is 4.98 Å². The van der Waals surface area contributed by atoms with Crippen LogP contribution in [0.15, 0.2) is 48.8 Å². The van der Waals surface area contributed by atoms with Crippen LogP contribution in [0.3, 0.4) is 0 Å². The summed E-state index contributed by atoms with van der Waals surface area (Å²) in [6, 6.07) is 10.6. The van der Waals surface area contributed by atoms with Crippen molar-refractivity contribution in [2.75, 3.05) is 7.11 Å². The van der Waals surface area contributed by atoms with E-state index < -0.39 is 0 Å². The Morgan fingerprint density at radius 2 is 2.04 bits per heavy atom. The minimum absolute atomic E-state index is 0.211. The molecule has 3 rings (SSSR count). The second kappa shape index (κ2) is 7.36. The summed E-state index contributed by atoms with van der Waals surface area (Å²) in [6.45, 7) is 1.90. The number of nitrogens with zero attached hydrogens (tertiary/aromatic N) is 2. The minimum atomic E-state index is -0.220. The number of hydrogen-bond acceptors (Lipinski definition) is 4. The predicted octanol–water partition coefficient (Wildman–Crippen LogP) is 3.62. The first-order chi connectivity index (χ1) is 12.1. The largest absolute Gasteiger partial charge is 0.481 e. The molecule has 6 nitrogen and oxygen atoms in total. The molecule has 2 N–H and O–H groups in total. The van der Waals surface area contributed by atoms with E-state index in [1.54, 1.807) is 31.5 Å². The standard InChI is InChI=1S/C18H17ClN4O2/c1-11(13-7-8-20-16(9-13)25-2)22-18(24)15-10-21-23-17(15)12-3-5-14(19)6-4-12/h3-11H,1-2H3,(H,21,23)(H,22,24). The first-order valence-electron chi connectivity index (χ1n) is 7.68. The van der Waals surface area contributed by atoms with Gasteiger partial charge in [0.1, 0.15) is 0 Å². The number of carbonyl (C=O) groups excluding carboxylic acids is 1. The van der Waals surface area contributed by atoms with Crippen LogP contribution in [0.2, 0.25) is 5.02 Å². The number of rotatable bonds is 5. The first kappa shape index (κ1) is 17.0. The van der Waals surface area contributed by atoms with Crippen LogP contribution in [0.4, 0.5) is 0 Å². The molecule has 0 aliphatic carbocycles. The predicted molar refractivity (Wildman–Crippen MR) is 95.7 cm³/mol. The van der Waals surface area contributed by atoms with Gasteiger partial charge >= 0.3 is 0 Å². The van der Waals surface area contributed by atoms with Crippen molar-refractivity contribution in [3.8, 4) is 17.1 Å². The Labute approximate surface area is 150 Å². The lowest BCUT2D eigenvalue weighted by atomic mass is 10.1. The number of hydrogen-bond donors (Lipinski definition) is 2. The lowest BCUT2D eigenvalue weighted by Gasteiger charge is -2.15. The van der Waals surface area contributed by atoms with Gasteiger partial charge in [-0.15, -0.1) is 0 Å². The van der Waals surface area contributed by atoms with Crippen LogP contribution in [0, 0.1) is 0 Å². The zero-order chi connectivity index (χ0) is 17.8. The lowest BCUT2D eigenvalue weighted by Crippen LogP contribution is -2.26. The summed E-state index contributed by atoms with van der Waals surface area (Å²) >= 11 is 5.92. The summed E-state index contributed by atoms with van der Waals surface area (Å²) in [5, 5.41) is 10.5. The third-order valence-corrected chi connectivity index (χ3v) is 4.08. The molecule has 7 heteroatoms. The Morgan fingerprint density at radius 3 is 2.76 bits per heavy atom.